The first-order chi connectivity index (χ1) is 21.4. The summed E-state index contributed by atoms with van der Waals surface area (Å²) in [5, 5.41) is 18.8. The molecule has 4 heterocycles. The summed E-state index contributed by atoms with van der Waals surface area (Å²) < 4.78 is 9.57. The smallest absolute Gasteiger partial charge is 0.307 e. The Labute approximate surface area is 264 Å². The van der Waals surface area contributed by atoms with Crippen LogP contribution in [0.4, 0.5) is 0 Å². The maximum atomic E-state index is 14.3. The second kappa shape index (κ2) is 12.0. The van der Waals surface area contributed by atoms with Crippen LogP contribution < -0.4 is 4.74 Å². The number of aryl methyl sites for hydroxylation is 1. The highest BCUT2D eigenvalue weighted by molar-refractivity contribution is 9.10. The predicted molar refractivity (Wildman–Crippen MR) is 164 cm³/mol. The van der Waals surface area contributed by atoms with Gasteiger partial charge in [-0.05, 0) is 61.4 Å². The molecule has 3 atom stereocenters. The first kappa shape index (κ1) is 29.0. The summed E-state index contributed by atoms with van der Waals surface area (Å²) in [7, 11) is 0. The normalized spacial score (nSPS) is 22.8. The molecule has 2 aromatic carbocycles. The highest BCUT2D eigenvalue weighted by Gasteiger charge is 2.44. The van der Waals surface area contributed by atoms with Gasteiger partial charge in [0.15, 0.2) is 5.82 Å². The topological polar surface area (TPSA) is 118 Å². The van der Waals surface area contributed by atoms with Gasteiger partial charge in [-0.25, -0.2) is 0 Å². The number of aliphatic carboxylic acids is 1. The van der Waals surface area contributed by atoms with Crippen LogP contribution in [0.15, 0.2) is 40.9 Å². The Morgan fingerprint density at radius 2 is 1.80 bits per heavy atom. The second-order valence-corrected chi connectivity index (χ2v) is 13.2. The molecule has 2 amide bonds. The SMILES string of the molecule is O=C(O)C1CCCCC1C(=O)N1CCc2c(Br)ccc(OCc3nnc4n3CCCC4)c2C1CN1Cc2ccccc2C1=O. The van der Waals surface area contributed by atoms with Crippen molar-refractivity contribution in [2.24, 2.45) is 11.8 Å². The van der Waals surface area contributed by atoms with Gasteiger partial charge in [-0.2, -0.15) is 0 Å². The molecule has 3 unspecified atom stereocenters. The van der Waals surface area contributed by atoms with Gasteiger partial charge in [-0.1, -0.05) is 47.0 Å². The summed E-state index contributed by atoms with van der Waals surface area (Å²) in [5.74, 6) is -0.0115. The van der Waals surface area contributed by atoms with Crippen molar-refractivity contribution >= 4 is 33.7 Å². The van der Waals surface area contributed by atoms with Gasteiger partial charge < -0.3 is 24.2 Å². The Hall–Kier alpha value is -3.73. The molecule has 230 valence electrons. The number of benzene rings is 2. The largest absolute Gasteiger partial charge is 0.485 e. The fourth-order valence-electron chi connectivity index (χ4n) is 7.58. The molecule has 4 aliphatic rings. The lowest BCUT2D eigenvalue weighted by Gasteiger charge is -2.43. The van der Waals surface area contributed by atoms with Crippen molar-refractivity contribution < 1.29 is 24.2 Å². The zero-order valence-corrected chi connectivity index (χ0v) is 26.2. The molecule has 1 fully saturated rings. The number of carbonyl (C=O) groups excluding carboxylic acids is 2. The molecule has 7 rings (SSSR count). The van der Waals surface area contributed by atoms with E-state index in [1.807, 2.05) is 41.3 Å². The quantitative estimate of drug-likeness (QED) is 0.382. The van der Waals surface area contributed by atoms with Gasteiger partial charge in [-0.3, -0.25) is 14.4 Å². The van der Waals surface area contributed by atoms with Crippen LogP contribution in [-0.4, -0.2) is 60.5 Å². The van der Waals surface area contributed by atoms with Crippen molar-refractivity contribution in [2.75, 3.05) is 13.1 Å². The molecule has 3 aromatic rings. The molecule has 11 heteroatoms. The maximum Gasteiger partial charge on any atom is 0.307 e. The monoisotopic (exact) mass is 661 g/mol. The molecule has 1 N–H and O–H groups in total. The number of hydrogen-bond donors (Lipinski definition) is 1. The number of carboxylic acid groups (broad SMARTS) is 1. The molecule has 1 saturated carbocycles. The molecule has 0 radical (unpaired) electrons. The molecule has 0 saturated heterocycles. The van der Waals surface area contributed by atoms with Gasteiger partial charge in [0.05, 0.1) is 17.9 Å². The summed E-state index contributed by atoms with van der Waals surface area (Å²) in [4.78, 5) is 43.8. The third-order valence-corrected chi connectivity index (χ3v) is 10.6. The lowest BCUT2D eigenvalue weighted by Crippen LogP contribution is -2.50. The molecule has 1 aromatic heterocycles. The molecular weight excluding hydrogens is 626 g/mol. The van der Waals surface area contributed by atoms with Crippen LogP contribution in [0, 0.1) is 11.8 Å². The van der Waals surface area contributed by atoms with E-state index in [2.05, 4.69) is 30.7 Å². The third kappa shape index (κ3) is 5.18. The Morgan fingerprint density at radius 3 is 2.61 bits per heavy atom. The molecule has 10 nitrogen and oxygen atoms in total. The number of amides is 2. The lowest BCUT2D eigenvalue weighted by molar-refractivity contribution is -0.153. The number of carbonyl (C=O) groups is 3. The van der Waals surface area contributed by atoms with Crippen molar-refractivity contribution in [1.82, 2.24) is 24.6 Å². The van der Waals surface area contributed by atoms with Crippen molar-refractivity contribution in [3.8, 4) is 5.75 Å². The van der Waals surface area contributed by atoms with Crippen molar-refractivity contribution in [3.05, 3.63) is 74.8 Å². The van der Waals surface area contributed by atoms with E-state index >= 15 is 0 Å². The number of rotatable bonds is 7. The second-order valence-electron chi connectivity index (χ2n) is 12.3. The Balaban J connectivity index is 1.25. The molecule has 1 aliphatic carbocycles. The van der Waals surface area contributed by atoms with Crippen LogP contribution >= 0.6 is 15.9 Å². The van der Waals surface area contributed by atoms with E-state index in [1.54, 1.807) is 4.90 Å². The van der Waals surface area contributed by atoms with Gasteiger partial charge in [-0.15, -0.1) is 10.2 Å². The van der Waals surface area contributed by atoms with Crippen LogP contribution in [0.25, 0.3) is 0 Å². The first-order valence-electron chi connectivity index (χ1n) is 15.7. The number of nitrogens with zero attached hydrogens (tertiary/aromatic N) is 5. The zero-order chi connectivity index (χ0) is 30.4. The Bertz CT molecular complexity index is 1620. The molecule has 3 aliphatic heterocycles. The number of ether oxygens (including phenoxy) is 1. The summed E-state index contributed by atoms with van der Waals surface area (Å²) in [6.07, 6.45) is 6.38. The van der Waals surface area contributed by atoms with Crippen LogP contribution in [0.3, 0.4) is 0 Å². The molecule has 44 heavy (non-hydrogen) atoms. The summed E-state index contributed by atoms with van der Waals surface area (Å²) in [5.41, 5.74) is 3.56. The minimum Gasteiger partial charge on any atom is -0.485 e. The van der Waals surface area contributed by atoms with E-state index < -0.39 is 23.8 Å². The van der Waals surface area contributed by atoms with Gasteiger partial charge in [0.2, 0.25) is 5.91 Å². The van der Waals surface area contributed by atoms with Crippen molar-refractivity contribution in [2.45, 2.75) is 77.1 Å². The fourth-order valence-corrected chi connectivity index (χ4v) is 8.13. The van der Waals surface area contributed by atoms with Gasteiger partial charge in [0.25, 0.3) is 5.91 Å². The van der Waals surface area contributed by atoms with Crippen LogP contribution in [0.2, 0.25) is 0 Å². The molecular formula is C33H36BrN5O5. The predicted octanol–water partition coefficient (Wildman–Crippen LogP) is 4.93. The first-order valence-corrected chi connectivity index (χ1v) is 16.5. The van der Waals surface area contributed by atoms with Gasteiger partial charge in [0, 0.05) is 48.2 Å². The van der Waals surface area contributed by atoms with E-state index in [-0.39, 0.29) is 25.0 Å². The highest BCUT2D eigenvalue weighted by atomic mass is 79.9. The number of carboxylic acids is 1. The number of halogens is 1. The molecule has 0 bridgehead atoms. The number of aromatic nitrogens is 3. The Kier molecular flexibility index (Phi) is 7.90. The lowest BCUT2D eigenvalue weighted by atomic mass is 9.77. The minimum absolute atomic E-state index is 0.0613. The average Bonchev–Trinajstić information content (AvgIpc) is 3.61. The average molecular weight is 663 g/mol. The maximum absolute atomic E-state index is 14.3. The minimum atomic E-state index is -0.911. The van der Waals surface area contributed by atoms with E-state index in [0.29, 0.717) is 43.7 Å². The number of fused-ring (bicyclic) bond motifs is 3. The van der Waals surface area contributed by atoms with Gasteiger partial charge >= 0.3 is 5.97 Å². The summed E-state index contributed by atoms with van der Waals surface area (Å²) >= 11 is 3.75. The summed E-state index contributed by atoms with van der Waals surface area (Å²) in [6.45, 7) is 2.28. The van der Waals surface area contributed by atoms with E-state index in [9.17, 15) is 19.5 Å². The third-order valence-electron chi connectivity index (χ3n) is 9.84. The fraction of sp³-hybridized carbons (Fsp3) is 0.485. The zero-order valence-electron chi connectivity index (χ0n) is 24.6. The van der Waals surface area contributed by atoms with Crippen LogP contribution in [0.1, 0.15) is 83.3 Å². The highest BCUT2D eigenvalue weighted by Crippen LogP contribution is 2.44. The van der Waals surface area contributed by atoms with Crippen LogP contribution in [-0.2, 0) is 42.1 Å². The van der Waals surface area contributed by atoms with E-state index in [0.717, 1.165) is 71.5 Å². The van der Waals surface area contributed by atoms with Crippen molar-refractivity contribution in [1.29, 1.82) is 0 Å². The van der Waals surface area contributed by atoms with Crippen LogP contribution in [0.5, 0.6) is 5.75 Å². The van der Waals surface area contributed by atoms with Gasteiger partial charge in [0.1, 0.15) is 18.2 Å². The summed E-state index contributed by atoms with van der Waals surface area (Å²) in [6, 6.07) is 11.0. The van der Waals surface area contributed by atoms with E-state index in [4.69, 9.17) is 4.74 Å². The molecule has 0 spiro atoms. The van der Waals surface area contributed by atoms with Crippen molar-refractivity contribution in [3.63, 3.8) is 0 Å². The Morgan fingerprint density at radius 1 is 0.977 bits per heavy atom. The van der Waals surface area contributed by atoms with E-state index in [1.165, 1.54) is 0 Å². The standard InChI is InChI=1S/C33H36BrN5O5/c34-25-12-13-27(44-19-29-36-35-28-11-5-6-15-39(28)29)30-24(25)14-16-38(32(41)22-9-3-4-10-23(22)33(42)43)26(30)18-37-17-20-7-1-2-8-21(20)31(37)40/h1-2,7-8,12-13,22-23,26H,3-6,9-11,14-19H2,(H,42,43). The number of hydrogen-bond acceptors (Lipinski definition) is 6.